The van der Waals surface area contributed by atoms with Crippen molar-refractivity contribution in [2.24, 2.45) is 11.8 Å². The fourth-order valence-corrected chi connectivity index (χ4v) is 6.45. The number of fused-ring (bicyclic) bond motifs is 1. The number of halogens is 1. The Morgan fingerprint density at radius 2 is 1.63 bits per heavy atom. The van der Waals surface area contributed by atoms with Crippen molar-refractivity contribution in [2.45, 2.75) is 57.3 Å². The van der Waals surface area contributed by atoms with Gasteiger partial charge in [-0.15, -0.1) is 0 Å². The molecule has 4 aromatic rings. The van der Waals surface area contributed by atoms with E-state index in [2.05, 4.69) is 14.6 Å². The number of aromatic nitrogens is 2. The normalized spacial score (nSPS) is 21.2. The van der Waals surface area contributed by atoms with Gasteiger partial charge in [-0.25, -0.2) is 4.39 Å². The standard InChI is InChI=1S/C32H36FN3O2/c33-27-9-12-29-31(22-27)38-34-32(29)26-14-19-35(20-15-26)18-13-23-3-5-24(6-4-23)21-30(37)25-7-10-28(11-8-25)36-16-1-2-17-36/h1-2,7-12,16-17,22-24,26H,3-6,13-15,18-21H2. The first kappa shape index (κ1) is 25.1. The van der Waals surface area contributed by atoms with E-state index in [4.69, 9.17) is 4.52 Å². The quantitative estimate of drug-likeness (QED) is 0.230. The molecule has 1 saturated carbocycles. The predicted octanol–water partition coefficient (Wildman–Crippen LogP) is 7.41. The number of carbonyl (C=O) groups is 1. The molecule has 198 valence electrons. The summed E-state index contributed by atoms with van der Waals surface area (Å²) in [7, 11) is 0. The molecule has 2 aliphatic rings. The zero-order chi connectivity index (χ0) is 25.9. The third-order valence-electron chi connectivity index (χ3n) is 8.82. The molecule has 0 amide bonds. The minimum absolute atomic E-state index is 0.278. The minimum atomic E-state index is -0.283. The van der Waals surface area contributed by atoms with Crippen LogP contribution in [0.2, 0.25) is 0 Å². The maximum Gasteiger partial charge on any atom is 0.170 e. The van der Waals surface area contributed by atoms with E-state index in [1.165, 1.54) is 44.2 Å². The number of hydrogen-bond acceptors (Lipinski definition) is 4. The molecule has 38 heavy (non-hydrogen) atoms. The summed E-state index contributed by atoms with van der Waals surface area (Å²) in [6.07, 6.45) is 12.9. The van der Waals surface area contributed by atoms with Gasteiger partial charge < -0.3 is 14.0 Å². The van der Waals surface area contributed by atoms with E-state index in [0.717, 1.165) is 60.7 Å². The van der Waals surface area contributed by atoms with E-state index >= 15 is 0 Å². The molecule has 3 heterocycles. The van der Waals surface area contributed by atoms with Gasteiger partial charge in [0.25, 0.3) is 0 Å². The van der Waals surface area contributed by atoms with Crippen LogP contribution in [-0.2, 0) is 0 Å². The van der Waals surface area contributed by atoms with Crippen LogP contribution in [0.5, 0.6) is 0 Å². The first-order chi connectivity index (χ1) is 18.6. The van der Waals surface area contributed by atoms with Crippen molar-refractivity contribution >= 4 is 16.8 Å². The SMILES string of the molecule is O=C(CC1CCC(CCN2CCC(c3noc4cc(F)ccc34)CC2)CC1)c1ccc(-n2cccc2)cc1. The van der Waals surface area contributed by atoms with E-state index in [1.54, 1.807) is 6.07 Å². The summed E-state index contributed by atoms with van der Waals surface area (Å²) in [6.45, 7) is 3.31. The van der Waals surface area contributed by atoms with Crippen molar-refractivity contribution in [2.75, 3.05) is 19.6 Å². The van der Waals surface area contributed by atoms with E-state index < -0.39 is 0 Å². The Hall–Kier alpha value is -3.25. The van der Waals surface area contributed by atoms with Crippen molar-refractivity contribution < 1.29 is 13.7 Å². The summed E-state index contributed by atoms with van der Waals surface area (Å²) in [5, 5.41) is 5.23. The second-order valence-electron chi connectivity index (χ2n) is 11.3. The van der Waals surface area contributed by atoms with Crippen LogP contribution in [0, 0.1) is 17.7 Å². The van der Waals surface area contributed by atoms with Crippen LogP contribution in [0.3, 0.4) is 0 Å². The molecular formula is C32H36FN3O2. The Kier molecular flexibility index (Phi) is 7.41. The van der Waals surface area contributed by atoms with Gasteiger partial charge in [0.1, 0.15) is 5.82 Å². The second kappa shape index (κ2) is 11.2. The van der Waals surface area contributed by atoms with Crippen molar-refractivity contribution in [3.05, 3.63) is 84.1 Å². The molecule has 0 radical (unpaired) electrons. The lowest BCUT2D eigenvalue weighted by molar-refractivity contribution is 0.0939. The molecule has 0 bridgehead atoms. The number of ketones is 1. The number of benzene rings is 2. The molecule has 2 aromatic heterocycles. The Morgan fingerprint density at radius 1 is 0.921 bits per heavy atom. The Labute approximate surface area is 223 Å². The van der Waals surface area contributed by atoms with Gasteiger partial charge in [-0.2, -0.15) is 0 Å². The van der Waals surface area contributed by atoms with E-state index in [0.29, 0.717) is 23.8 Å². The smallest absolute Gasteiger partial charge is 0.170 e. The van der Waals surface area contributed by atoms with Crippen LogP contribution in [0.25, 0.3) is 16.7 Å². The molecule has 6 rings (SSSR count). The monoisotopic (exact) mass is 513 g/mol. The van der Waals surface area contributed by atoms with Crippen molar-refractivity contribution in [3.8, 4) is 5.69 Å². The Morgan fingerprint density at radius 3 is 2.37 bits per heavy atom. The van der Waals surface area contributed by atoms with Gasteiger partial charge in [0.05, 0.1) is 5.69 Å². The zero-order valence-electron chi connectivity index (χ0n) is 21.9. The van der Waals surface area contributed by atoms with Gasteiger partial charge >= 0.3 is 0 Å². The van der Waals surface area contributed by atoms with Crippen LogP contribution in [0.1, 0.15) is 73.3 Å². The topological polar surface area (TPSA) is 51.3 Å². The lowest BCUT2D eigenvalue weighted by Gasteiger charge is -2.34. The van der Waals surface area contributed by atoms with Gasteiger partial charge in [-0.3, -0.25) is 4.79 Å². The number of rotatable bonds is 8. The van der Waals surface area contributed by atoms with Crippen LogP contribution >= 0.6 is 0 Å². The van der Waals surface area contributed by atoms with Gasteiger partial charge in [0.2, 0.25) is 0 Å². The average molecular weight is 514 g/mol. The molecule has 0 unspecified atom stereocenters. The summed E-state index contributed by atoms with van der Waals surface area (Å²) in [5.74, 6) is 1.67. The van der Waals surface area contributed by atoms with Crippen molar-refractivity contribution in [3.63, 3.8) is 0 Å². The van der Waals surface area contributed by atoms with Crippen LogP contribution < -0.4 is 0 Å². The third kappa shape index (κ3) is 5.60. The van der Waals surface area contributed by atoms with Gasteiger partial charge in [0.15, 0.2) is 11.4 Å². The lowest BCUT2D eigenvalue weighted by atomic mass is 9.78. The van der Waals surface area contributed by atoms with Crippen molar-refractivity contribution in [1.82, 2.24) is 14.6 Å². The highest BCUT2D eigenvalue weighted by Crippen LogP contribution is 2.35. The molecule has 2 aromatic carbocycles. The highest BCUT2D eigenvalue weighted by molar-refractivity contribution is 5.96. The van der Waals surface area contributed by atoms with Crippen LogP contribution in [0.4, 0.5) is 4.39 Å². The number of likely N-dealkylation sites (tertiary alicyclic amines) is 1. The second-order valence-corrected chi connectivity index (χ2v) is 11.3. The van der Waals surface area contributed by atoms with Gasteiger partial charge in [0, 0.05) is 47.4 Å². The summed E-state index contributed by atoms with van der Waals surface area (Å²) in [6, 6.07) is 16.7. The number of hydrogen-bond donors (Lipinski definition) is 0. The van der Waals surface area contributed by atoms with Gasteiger partial charge in [-0.05, 0) is 112 Å². The molecule has 1 aliphatic heterocycles. The summed E-state index contributed by atoms with van der Waals surface area (Å²) < 4.78 is 20.9. The molecule has 0 N–H and O–H groups in total. The third-order valence-corrected chi connectivity index (χ3v) is 8.82. The first-order valence-corrected chi connectivity index (χ1v) is 14.2. The molecule has 5 nitrogen and oxygen atoms in total. The molecule has 0 spiro atoms. The van der Waals surface area contributed by atoms with Gasteiger partial charge in [-0.1, -0.05) is 18.0 Å². The van der Waals surface area contributed by atoms with E-state index in [-0.39, 0.29) is 11.6 Å². The van der Waals surface area contributed by atoms with E-state index in [9.17, 15) is 9.18 Å². The number of piperidine rings is 1. The zero-order valence-corrected chi connectivity index (χ0v) is 21.9. The highest BCUT2D eigenvalue weighted by Gasteiger charge is 2.27. The molecule has 1 saturated heterocycles. The summed E-state index contributed by atoms with van der Waals surface area (Å²) in [4.78, 5) is 15.5. The largest absolute Gasteiger partial charge is 0.356 e. The fourth-order valence-electron chi connectivity index (χ4n) is 6.45. The molecule has 2 fully saturated rings. The van der Waals surface area contributed by atoms with Crippen LogP contribution in [-0.4, -0.2) is 40.0 Å². The Bertz CT molecular complexity index is 1350. The predicted molar refractivity (Wildman–Crippen MR) is 147 cm³/mol. The van der Waals surface area contributed by atoms with Crippen LogP contribution in [0.15, 0.2) is 71.5 Å². The molecule has 1 aliphatic carbocycles. The highest BCUT2D eigenvalue weighted by atomic mass is 19.1. The molecule has 0 atom stereocenters. The summed E-state index contributed by atoms with van der Waals surface area (Å²) >= 11 is 0. The van der Waals surface area contributed by atoms with Crippen molar-refractivity contribution in [1.29, 1.82) is 0 Å². The maximum absolute atomic E-state index is 13.5. The maximum atomic E-state index is 13.5. The summed E-state index contributed by atoms with van der Waals surface area (Å²) in [5.41, 5.74) is 3.45. The average Bonchev–Trinajstić information content (AvgIpc) is 3.64. The number of Topliss-reactive ketones (excluding diaryl/α,β-unsaturated/α-hetero) is 1. The number of carbonyl (C=O) groups excluding carboxylic acids is 1. The molecular weight excluding hydrogens is 477 g/mol. The Balaban J connectivity index is 0.915. The molecule has 6 heteroatoms. The first-order valence-electron chi connectivity index (χ1n) is 14.2. The fraction of sp³-hybridized carbons (Fsp3) is 0.438. The number of nitrogens with zero attached hydrogens (tertiary/aromatic N) is 3. The lowest BCUT2D eigenvalue weighted by Crippen LogP contribution is -2.35. The van der Waals surface area contributed by atoms with E-state index in [1.807, 2.05) is 48.8 Å². The minimum Gasteiger partial charge on any atom is -0.356 e.